The van der Waals surface area contributed by atoms with Crippen molar-refractivity contribution in [2.45, 2.75) is 24.8 Å². The number of benzene rings is 3. The molecular weight excluding hydrogens is 620 g/mol. The highest BCUT2D eigenvalue weighted by molar-refractivity contribution is 9.10. The number of aliphatic imine (C=N–C) groups is 1. The van der Waals surface area contributed by atoms with Gasteiger partial charge < -0.3 is 5.32 Å². The molecule has 7 nitrogen and oxygen atoms in total. The predicted molar refractivity (Wildman–Crippen MR) is 151 cm³/mol. The maximum absolute atomic E-state index is 13.7. The number of nitrogens with zero attached hydrogens (tertiary/aromatic N) is 1. The third-order valence-corrected chi connectivity index (χ3v) is 8.52. The number of halogens is 2. The lowest BCUT2D eigenvalue weighted by molar-refractivity contribution is -0.149. The van der Waals surface area contributed by atoms with E-state index in [4.69, 9.17) is 4.99 Å². The number of nitrogens with one attached hydrogen (secondary N) is 3. The second-order valence-electron chi connectivity index (χ2n) is 8.85. The fourth-order valence-corrected chi connectivity index (χ4v) is 6.58. The van der Waals surface area contributed by atoms with Crippen LogP contribution in [0.25, 0.3) is 0 Å². The number of amidine groups is 1. The van der Waals surface area contributed by atoms with Gasteiger partial charge in [-0.05, 0) is 53.4 Å². The van der Waals surface area contributed by atoms with Crippen LogP contribution in [0.1, 0.15) is 34.3 Å². The Hall–Kier alpha value is -2.95. The van der Waals surface area contributed by atoms with E-state index in [9.17, 15) is 14.4 Å². The summed E-state index contributed by atoms with van der Waals surface area (Å²) in [6, 6.07) is 20.4. The first-order valence-electron chi connectivity index (χ1n) is 11.5. The maximum atomic E-state index is 13.7. The lowest BCUT2D eigenvalue weighted by atomic mass is 9.66. The van der Waals surface area contributed by atoms with Crippen LogP contribution in [0.15, 0.2) is 86.7 Å². The molecule has 37 heavy (non-hydrogen) atoms. The summed E-state index contributed by atoms with van der Waals surface area (Å²) < 4.78 is 1.58. The van der Waals surface area contributed by atoms with Gasteiger partial charge in [-0.15, -0.1) is 0 Å². The molecule has 3 aromatic rings. The third kappa shape index (κ3) is 4.85. The van der Waals surface area contributed by atoms with Crippen molar-refractivity contribution in [3.05, 3.63) is 104 Å². The number of urea groups is 1. The van der Waals surface area contributed by atoms with Gasteiger partial charge >= 0.3 is 6.03 Å². The number of carbonyl (C=O) groups is 3. The van der Waals surface area contributed by atoms with Crippen molar-refractivity contribution in [3.63, 3.8) is 0 Å². The summed E-state index contributed by atoms with van der Waals surface area (Å²) >= 11 is 8.52. The molecule has 2 atom stereocenters. The van der Waals surface area contributed by atoms with Gasteiger partial charge in [0.15, 0.2) is 10.6 Å². The summed E-state index contributed by atoms with van der Waals surface area (Å²) in [5, 5.41) is 8.64. The van der Waals surface area contributed by atoms with Gasteiger partial charge in [0.25, 0.3) is 0 Å². The molecule has 0 radical (unpaired) electrons. The van der Waals surface area contributed by atoms with Crippen LogP contribution in [0.5, 0.6) is 0 Å². The van der Waals surface area contributed by atoms with Crippen molar-refractivity contribution in [1.82, 2.24) is 16.0 Å². The van der Waals surface area contributed by atoms with Crippen molar-refractivity contribution in [1.29, 1.82) is 0 Å². The Bertz CT molecular complexity index is 1420. The fourth-order valence-electron chi connectivity index (χ4n) is 4.75. The smallest absolute Gasteiger partial charge is 0.328 e. The van der Waals surface area contributed by atoms with E-state index in [1.165, 1.54) is 17.3 Å². The Kier molecular flexibility index (Phi) is 7.24. The number of hydrogen-bond acceptors (Lipinski definition) is 6. The lowest BCUT2D eigenvalue weighted by Gasteiger charge is -2.47. The zero-order valence-corrected chi connectivity index (χ0v) is 23.6. The van der Waals surface area contributed by atoms with E-state index in [-0.39, 0.29) is 0 Å². The van der Waals surface area contributed by atoms with Crippen LogP contribution < -0.4 is 16.0 Å². The topological polar surface area (TPSA) is 99.7 Å². The van der Waals surface area contributed by atoms with Crippen LogP contribution in [0.2, 0.25) is 0 Å². The number of imide groups is 2. The molecule has 188 valence electrons. The van der Waals surface area contributed by atoms with E-state index in [2.05, 4.69) is 66.9 Å². The number of hydrogen-bond donors (Lipinski definition) is 3. The summed E-state index contributed by atoms with van der Waals surface area (Å²) in [4.78, 5) is 44.5. The Balaban J connectivity index is 1.68. The minimum atomic E-state index is -1.76. The van der Waals surface area contributed by atoms with Gasteiger partial charge in [0.2, 0.25) is 11.8 Å². The molecule has 1 spiro atoms. The minimum absolute atomic E-state index is 0.598. The van der Waals surface area contributed by atoms with Crippen LogP contribution in [-0.2, 0) is 15.3 Å². The molecule has 2 heterocycles. The molecule has 1 saturated heterocycles. The van der Waals surface area contributed by atoms with E-state index in [1.807, 2.05) is 60.7 Å². The maximum Gasteiger partial charge on any atom is 0.328 e. The molecule has 0 aromatic heterocycles. The van der Waals surface area contributed by atoms with Gasteiger partial charge in [0.05, 0.1) is 6.04 Å². The molecule has 3 N–H and O–H groups in total. The van der Waals surface area contributed by atoms with Crippen LogP contribution in [0.3, 0.4) is 0 Å². The highest BCUT2D eigenvalue weighted by Crippen LogP contribution is 2.51. The van der Waals surface area contributed by atoms with Gasteiger partial charge in [0.1, 0.15) is 6.04 Å². The molecule has 0 saturated carbocycles. The molecule has 2 aliphatic rings. The number of barbiturate groups is 1. The first-order valence-corrected chi connectivity index (χ1v) is 14.1. The van der Waals surface area contributed by atoms with Gasteiger partial charge in [-0.1, -0.05) is 92.2 Å². The monoisotopic (exact) mass is 640 g/mol. The quantitative estimate of drug-likeness (QED) is 0.325. The van der Waals surface area contributed by atoms with Gasteiger partial charge in [-0.3, -0.25) is 25.2 Å². The Morgan fingerprint density at radius 2 is 1.49 bits per heavy atom. The molecule has 0 aliphatic carbocycles. The number of thioether (sulfide) groups is 1. The van der Waals surface area contributed by atoms with E-state index in [0.29, 0.717) is 22.0 Å². The molecular formula is C27H22Br2N4O3S. The van der Waals surface area contributed by atoms with Crippen molar-refractivity contribution < 1.29 is 14.4 Å². The summed E-state index contributed by atoms with van der Waals surface area (Å²) in [7, 11) is 0. The van der Waals surface area contributed by atoms with E-state index in [1.54, 1.807) is 0 Å². The molecule has 0 bridgehead atoms. The van der Waals surface area contributed by atoms with Crippen molar-refractivity contribution in [2.24, 2.45) is 10.4 Å². The first kappa shape index (κ1) is 25.7. The van der Waals surface area contributed by atoms with Crippen molar-refractivity contribution in [2.75, 3.05) is 0 Å². The lowest BCUT2D eigenvalue weighted by Crippen LogP contribution is -2.69. The van der Waals surface area contributed by atoms with Crippen LogP contribution in [0, 0.1) is 12.3 Å². The second kappa shape index (κ2) is 10.4. The van der Waals surface area contributed by atoms with Crippen LogP contribution in [-0.4, -0.2) is 23.0 Å². The van der Waals surface area contributed by atoms with Gasteiger partial charge in [-0.2, -0.15) is 0 Å². The van der Waals surface area contributed by atoms with E-state index < -0.39 is 35.3 Å². The van der Waals surface area contributed by atoms with Gasteiger partial charge in [0, 0.05) is 14.7 Å². The average Bonchev–Trinajstić information content (AvgIpc) is 2.86. The van der Waals surface area contributed by atoms with E-state index >= 15 is 0 Å². The van der Waals surface area contributed by atoms with Crippen LogP contribution in [0.4, 0.5) is 4.79 Å². The van der Waals surface area contributed by atoms with Crippen molar-refractivity contribution >= 4 is 66.6 Å². The third-order valence-electron chi connectivity index (χ3n) is 6.58. The van der Waals surface area contributed by atoms with Crippen molar-refractivity contribution in [3.8, 4) is 0 Å². The van der Waals surface area contributed by atoms with E-state index in [0.717, 1.165) is 14.5 Å². The summed E-state index contributed by atoms with van der Waals surface area (Å²) in [5.74, 6) is -0.746. The highest BCUT2D eigenvalue weighted by Gasteiger charge is 2.63. The first-order chi connectivity index (χ1) is 17.8. The zero-order valence-electron chi connectivity index (χ0n) is 19.6. The fraction of sp³-hybridized carbons (Fsp3) is 0.185. The standard InChI is InChI=1S/C27H22Br2N4O3S/c1-15-6-2-3-7-18(15)14-37-26-30-21(16-8-4-10-19(28)12-16)27(23(34)32-25(36)33-24(27)35)22(31-26)17-9-5-11-20(29)13-17/h2-13,21-22H,14H2,1H3,(H,30,31)(H2,32,33,34,35,36)/t21-,22-/m1/s1. The van der Waals surface area contributed by atoms with Crippen LogP contribution >= 0.6 is 43.6 Å². The molecule has 5 rings (SSSR count). The summed E-state index contributed by atoms with van der Waals surface area (Å²) in [6.45, 7) is 2.06. The molecule has 3 aromatic carbocycles. The molecule has 1 fully saturated rings. The normalized spacial score (nSPS) is 20.6. The van der Waals surface area contributed by atoms with Gasteiger partial charge in [-0.25, -0.2) is 4.79 Å². The number of carbonyl (C=O) groups excluding carboxylic acids is 3. The zero-order chi connectivity index (χ0) is 26.2. The molecule has 2 aliphatic heterocycles. The predicted octanol–water partition coefficient (Wildman–Crippen LogP) is 5.55. The highest BCUT2D eigenvalue weighted by atomic mass is 79.9. The average molecular weight is 642 g/mol. The Morgan fingerprint density at radius 3 is 2.14 bits per heavy atom. The SMILES string of the molecule is Cc1ccccc1CSC1=N[C@H](c2cccc(Br)c2)C2(C(=O)NC(=O)NC2=O)[C@@H](c2cccc(Br)c2)N1. The Labute approximate surface area is 235 Å². The second-order valence-corrected chi connectivity index (χ2v) is 11.6. The largest absolute Gasteiger partial charge is 0.356 e. The number of amides is 4. The minimum Gasteiger partial charge on any atom is -0.356 e. The number of aryl methyl sites for hydroxylation is 1. The Morgan fingerprint density at radius 1 is 0.865 bits per heavy atom. The molecule has 4 amide bonds. The summed E-state index contributed by atoms with van der Waals surface area (Å²) in [5.41, 5.74) is 1.94. The molecule has 10 heteroatoms. The molecule has 0 unspecified atom stereocenters. The number of rotatable bonds is 4. The summed E-state index contributed by atoms with van der Waals surface area (Å²) in [6.07, 6.45) is 0.